The number of nitrogens with one attached hydrogen (secondary N) is 1. The van der Waals surface area contributed by atoms with Gasteiger partial charge in [0, 0.05) is 22.7 Å². The van der Waals surface area contributed by atoms with Crippen LogP contribution >= 0.6 is 15.9 Å². The second-order valence-electron chi connectivity index (χ2n) is 4.92. The fourth-order valence-electron chi connectivity index (χ4n) is 1.61. The number of benzene rings is 1. The quantitative estimate of drug-likeness (QED) is 0.623. The summed E-state index contributed by atoms with van der Waals surface area (Å²) < 4.78 is 0.853. The number of hydrogen-bond acceptors (Lipinski definition) is 3. The average molecular weight is 328 g/mol. The van der Waals surface area contributed by atoms with E-state index in [0.29, 0.717) is 23.8 Å². The Morgan fingerprint density at radius 3 is 2.79 bits per heavy atom. The number of nitrogens with two attached hydrogens (primary N) is 1. The topological polar surface area (TPSA) is 58.4 Å². The minimum atomic E-state index is -0.119. The lowest BCUT2D eigenvalue weighted by Crippen LogP contribution is -2.31. The van der Waals surface area contributed by atoms with Crippen molar-refractivity contribution in [1.82, 2.24) is 10.2 Å². The monoisotopic (exact) mass is 327 g/mol. The van der Waals surface area contributed by atoms with Gasteiger partial charge in [0.2, 0.25) is 0 Å². The van der Waals surface area contributed by atoms with E-state index in [4.69, 9.17) is 5.73 Å². The van der Waals surface area contributed by atoms with Gasteiger partial charge in [-0.25, -0.2) is 0 Å². The normalized spacial score (nSPS) is 11.1. The molecule has 106 valence electrons. The first kappa shape index (κ1) is 16.0. The molecule has 3 N–H and O–H groups in total. The van der Waals surface area contributed by atoms with E-state index in [0.717, 1.165) is 17.4 Å². The molecule has 0 aliphatic carbocycles. The molecule has 19 heavy (non-hydrogen) atoms. The van der Waals surface area contributed by atoms with Crippen LogP contribution in [-0.4, -0.2) is 37.0 Å². The summed E-state index contributed by atoms with van der Waals surface area (Å²) in [6.07, 6.45) is 0.925. The molecule has 4 nitrogen and oxygen atoms in total. The van der Waals surface area contributed by atoms with Crippen LogP contribution in [0.5, 0.6) is 0 Å². The molecule has 0 heterocycles. The van der Waals surface area contributed by atoms with Gasteiger partial charge in [-0.2, -0.15) is 0 Å². The molecule has 1 aromatic carbocycles. The molecular weight excluding hydrogens is 306 g/mol. The van der Waals surface area contributed by atoms with Crippen LogP contribution < -0.4 is 11.1 Å². The van der Waals surface area contributed by atoms with Crippen molar-refractivity contribution in [2.45, 2.75) is 26.3 Å². The van der Waals surface area contributed by atoms with E-state index in [1.54, 1.807) is 12.1 Å². The Morgan fingerprint density at radius 2 is 2.16 bits per heavy atom. The van der Waals surface area contributed by atoms with Crippen LogP contribution in [0.1, 0.15) is 30.6 Å². The number of carbonyl (C=O) groups is 1. The number of halogens is 1. The predicted octanol–water partition coefficient (Wildman–Crippen LogP) is 2.49. The second-order valence-corrected chi connectivity index (χ2v) is 5.83. The summed E-state index contributed by atoms with van der Waals surface area (Å²) in [5.41, 5.74) is 6.81. The Kier molecular flexibility index (Phi) is 6.31. The lowest BCUT2D eigenvalue weighted by molar-refractivity contribution is 0.0952. The van der Waals surface area contributed by atoms with Gasteiger partial charge >= 0.3 is 0 Å². The molecule has 0 bridgehead atoms. The molecule has 0 saturated heterocycles. The van der Waals surface area contributed by atoms with Gasteiger partial charge in [-0.1, -0.05) is 15.9 Å². The summed E-state index contributed by atoms with van der Waals surface area (Å²) >= 11 is 3.34. The molecule has 1 amide bonds. The highest BCUT2D eigenvalue weighted by molar-refractivity contribution is 9.10. The summed E-state index contributed by atoms with van der Waals surface area (Å²) in [7, 11) is 2.08. The highest BCUT2D eigenvalue weighted by atomic mass is 79.9. The van der Waals surface area contributed by atoms with Crippen molar-refractivity contribution in [2.24, 2.45) is 0 Å². The van der Waals surface area contributed by atoms with Gasteiger partial charge in [0.05, 0.1) is 5.56 Å². The second kappa shape index (κ2) is 7.50. The van der Waals surface area contributed by atoms with E-state index in [1.165, 1.54) is 0 Å². The van der Waals surface area contributed by atoms with Gasteiger partial charge < -0.3 is 16.0 Å². The molecule has 1 aromatic rings. The molecule has 5 heteroatoms. The van der Waals surface area contributed by atoms with E-state index in [9.17, 15) is 4.79 Å². The van der Waals surface area contributed by atoms with Crippen LogP contribution in [0.4, 0.5) is 5.69 Å². The molecule has 0 aliphatic heterocycles. The van der Waals surface area contributed by atoms with Crippen LogP contribution in [0, 0.1) is 0 Å². The number of nitrogen functional groups attached to an aromatic ring is 1. The Bertz CT molecular complexity index is 435. The van der Waals surface area contributed by atoms with Crippen molar-refractivity contribution in [3.63, 3.8) is 0 Å². The van der Waals surface area contributed by atoms with Crippen LogP contribution in [0.2, 0.25) is 0 Å². The van der Waals surface area contributed by atoms with E-state index in [-0.39, 0.29) is 5.91 Å². The number of rotatable bonds is 6. The smallest absolute Gasteiger partial charge is 0.253 e. The summed E-state index contributed by atoms with van der Waals surface area (Å²) in [5.74, 6) is -0.119. The highest BCUT2D eigenvalue weighted by Gasteiger charge is 2.09. The number of nitrogens with zero attached hydrogens (tertiary/aromatic N) is 1. The molecule has 0 fully saturated rings. The summed E-state index contributed by atoms with van der Waals surface area (Å²) in [6, 6.07) is 5.82. The van der Waals surface area contributed by atoms with Gasteiger partial charge in [0.1, 0.15) is 0 Å². The molecule has 0 spiro atoms. The number of carbonyl (C=O) groups excluding carboxylic acids is 1. The van der Waals surface area contributed by atoms with Gasteiger partial charge in [-0.05, 0) is 52.1 Å². The molecule has 1 rings (SSSR count). The molecular formula is C14H22BrN3O. The van der Waals surface area contributed by atoms with E-state index in [1.807, 2.05) is 6.07 Å². The zero-order valence-corrected chi connectivity index (χ0v) is 13.3. The maximum Gasteiger partial charge on any atom is 0.253 e. The third kappa shape index (κ3) is 5.20. The fourth-order valence-corrected chi connectivity index (χ4v) is 1.97. The number of amides is 1. The van der Waals surface area contributed by atoms with Crippen LogP contribution in [0.25, 0.3) is 0 Å². The molecule has 0 atom stereocenters. The Hall–Kier alpha value is -1.07. The lowest BCUT2D eigenvalue weighted by atomic mass is 10.1. The van der Waals surface area contributed by atoms with Crippen molar-refractivity contribution in [3.05, 3.63) is 28.2 Å². The summed E-state index contributed by atoms with van der Waals surface area (Å²) in [4.78, 5) is 14.2. The maximum atomic E-state index is 12.0. The van der Waals surface area contributed by atoms with E-state index < -0.39 is 0 Å². The van der Waals surface area contributed by atoms with E-state index in [2.05, 4.69) is 47.0 Å². The predicted molar refractivity (Wildman–Crippen MR) is 83.3 cm³/mol. The van der Waals surface area contributed by atoms with Crippen LogP contribution in [0.15, 0.2) is 22.7 Å². The SMILES string of the molecule is CC(C)N(C)CCCNC(=O)c1cc(Br)ccc1N. The Labute approximate surface area is 123 Å². The zero-order chi connectivity index (χ0) is 14.4. The number of hydrogen-bond donors (Lipinski definition) is 2. The van der Waals surface area contributed by atoms with Crippen molar-refractivity contribution < 1.29 is 4.79 Å². The first-order valence-electron chi connectivity index (χ1n) is 6.45. The summed E-state index contributed by atoms with van der Waals surface area (Å²) in [6.45, 7) is 5.93. The van der Waals surface area contributed by atoms with Crippen molar-refractivity contribution in [2.75, 3.05) is 25.9 Å². The van der Waals surface area contributed by atoms with Gasteiger partial charge in [-0.15, -0.1) is 0 Å². The zero-order valence-electron chi connectivity index (χ0n) is 11.7. The first-order chi connectivity index (χ1) is 8.91. The van der Waals surface area contributed by atoms with Gasteiger partial charge in [-0.3, -0.25) is 4.79 Å². The molecule has 0 unspecified atom stereocenters. The average Bonchev–Trinajstić information content (AvgIpc) is 2.36. The van der Waals surface area contributed by atoms with Crippen molar-refractivity contribution in [3.8, 4) is 0 Å². The summed E-state index contributed by atoms with van der Waals surface area (Å²) in [5, 5.41) is 2.89. The van der Waals surface area contributed by atoms with Crippen LogP contribution in [-0.2, 0) is 0 Å². The Morgan fingerprint density at radius 1 is 1.47 bits per heavy atom. The largest absolute Gasteiger partial charge is 0.398 e. The van der Waals surface area contributed by atoms with Gasteiger partial charge in [0.25, 0.3) is 5.91 Å². The fraction of sp³-hybridized carbons (Fsp3) is 0.500. The van der Waals surface area contributed by atoms with E-state index >= 15 is 0 Å². The Balaban J connectivity index is 2.41. The van der Waals surface area contributed by atoms with Crippen molar-refractivity contribution in [1.29, 1.82) is 0 Å². The number of anilines is 1. The minimum absolute atomic E-state index is 0.119. The van der Waals surface area contributed by atoms with Crippen molar-refractivity contribution >= 4 is 27.5 Å². The molecule has 0 aliphatic rings. The molecule has 0 saturated carbocycles. The molecule has 0 aromatic heterocycles. The highest BCUT2D eigenvalue weighted by Crippen LogP contribution is 2.18. The minimum Gasteiger partial charge on any atom is -0.398 e. The standard InChI is InChI=1S/C14H22BrN3O/c1-10(2)18(3)8-4-7-17-14(19)12-9-11(15)5-6-13(12)16/h5-6,9-10H,4,7-8,16H2,1-3H3,(H,17,19). The van der Waals surface area contributed by atoms with Gasteiger partial charge in [0.15, 0.2) is 0 Å². The first-order valence-corrected chi connectivity index (χ1v) is 7.24. The third-order valence-electron chi connectivity index (χ3n) is 3.11. The molecule has 0 radical (unpaired) electrons. The third-order valence-corrected chi connectivity index (χ3v) is 3.61. The maximum absolute atomic E-state index is 12.0. The lowest BCUT2D eigenvalue weighted by Gasteiger charge is -2.20. The van der Waals surface area contributed by atoms with Crippen LogP contribution in [0.3, 0.4) is 0 Å².